The summed E-state index contributed by atoms with van der Waals surface area (Å²) >= 11 is 11.7. The molecule has 0 N–H and O–H groups in total. The minimum absolute atomic E-state index is 0.295. The highest BCUT2D eigenvalue weighted by Crippen LogP contribution is 2.27. The molecule has 0 radical (unpaired) electrons. The average molecular weight is 335 g/mol. The standard InChI is InChI=1S/C16H12Cl2N2O2/c1-10-12(9-21-16-8-19-7-15(18)20-16)6-14(22-10)11-2-4-13(17)5-3-11/h2-8H,9H2,1H3. The van der Waals surface area contributed by atoms with E-state index in [1.807, 2.05) is 37.3 Å². The molecule has 3 rings (SSSR count). The van der Waals surface area contributed by atoms with Crippen LogP contribution in [-0.4, -0.2) is 9.97 Å². The van der Waals surface area contributed by atoms with E-state index >= 15 is 0 Å². The number of halogens is 2. The Bertz CT molecular complexity index is 785. The van der Waals surface area contributed by atoms with Gasteiger partial charge in [0, 0.05) is 16.1 Å². The molecule has 3 aromatic rings. The molecule has 6 heteroatoms. The Morgan fingerprint density at radius 2 is 1.91 bits per heavy atom. The van der Waals surface area contributed by atoms with Crippen LogP contribution < -0.4 is 4.74 Å². The lowest BCUT2D eigenvalue weighted by Crippen LogP contribution is -1.98. The molecule has 4 nitrogen and oxygen atoms in total. The van der Waals surface area contributed by atoms with E-state index in [1.54, 1.807) is 0 Å². The SMILES string of the molecule is Cc1oc(-c2ccc(Cl)cc2)cc1COc1cncc(Cl)n1. The Hall–Kier alpha value is -2.04. The minimum atomic E-state index is 0.295. The fourth-order valence-electron chi connectivity index (χ4n) is 1.97. The second-order valence-electron chi connectivity index (χ2n) is 4.67. The molecule has 0 saturated carbocycles. The van der Waals surface area contributed by atoms with Gasteiger partial charge in [0.05, 0.1) is 12.4 Å². The molecule has 22 heavy (non-hydrogen) atoms. The fraction of sp³-hybridized carbons (Fsp3) is 0.125. The predicted octanol–water partition coefficient (Wildman–Crippen LogP) is 4.93. The van der Waals surface area contributed by atoms with Crippen molar-refractivity contribution in [3.05, 3.63) is 64.2 Å². The summed E-state index contributed by atoms with van der Waals surface area (Å²) in [6, 6.07) is 9.41. The highest BCUT2D eigenvalue weighted by atomic mass is 35.5. The Morgan fingerprint density at radius 3 is 2.64 bits per heavy atom. The van der Waals surface area contributed by atoms with Gasteiger partial charge in [0.15, 0.2) is 5.15 Å². The van der Waals surface area contributed by atoms with E-state index in [0.29, 0.717) is 22.7 Å². The zero-order chi connectivity index (χ0) is 15.5. The summed E-state index contributed by atoms with van der Waals surface area (Å²) in [7, 11) is 0. The monoisotopic (exact) mass is 334 g/mol. The molecule has 0 atom stereocenters. The first-order chi connectivity index (χ1) is 10.6. The smallest absolute Gasteiger partial charge is 0.234 e. The van der Waals surface area contributed by atoms with Crippen molar-refractivity contribution in [1.82, 2.24) is 9.97 Å². The summed E-state index contributed by atoms with van der Waals surface area (Å²) in [4.78, 5) is 7.95. The average Bonchev–Trinajstić information content (AvgIpc) is 2.87. The van der Waals surface area contributed by atoms with Crippen molar-refractivity contribution in [2.75, 3.05) is 0 Å². The molecule has 0 aliphatic rings. The molecular weight excluding hydrogens is 323 g/mol. The lowest BCUT2D eigenvalue weighted by atomic mass is 10.1. The number of aryl methyl sites for hydroxylation is 1. The van der Waals surface area contributed by atoms with Crippen LogP contribution in [-0.2, 0) is 6.61 Å². The molecule has 0 saturated heterocycles. The van der Waals surface area contributed by atoms with Crippen molar-refractivity contribution < 1.29 is 9.15 Å². The topological polar surface area (TPSA) is 48.2 Å². The second kappa shape index (κ2) is 6.38. The van der Waals surface area contributed by atoms with Crippen LogP contribution in [0.25, 0.3) is 11.3 Å². The van der Waals surface area contributed by atoms with Gasteiger partial charge in [0.25, 0.3) is 0 Å². The van der Waals surface area contributed by atoms with Gasteiger partial charge in [-0.05, 0) is 37.3 Å². The summed E-state index contributed by atoms with van der Waals surface area (Å²) in [5.41, 5.74) is 1.90. The minimum Gasteiger partial charge on any atom is -0.472 e. The Balaban J connectivity index is 1.76. The molecule has 2 aromatic heterocycles. The van der Waals surface area contributed by atoms with Crippen LogP contribution in [0.3, 0.4) is 0 Å². The predicted molar refractivity (Wildman–Crippen MR) is 85.3 cm³/mol. The Labute approximate surface area is 137 Å². The van der Waals surface area contributed by atoms with Crippen molar-refractivity contribution in [2.45, 2.75) is 13.5 Å². The Morgan fingerprint density at radius 1 is 1.14 bits per heavy atom. The molecule has 0 aliphatic carbocycles. The number of nitrogens with zero attached hydrogens (tertiary/aromatic N) is 2. The molecule has 112 valence electrons. The van der Waals surface area contributed by atoms with E-state index in [4.69, 9.17) is 32.4 Å². The number of benzene rings is 1. The summed E-state index contributed by atoms with van der Waals surface area (Å²) < 4.78 is 11.4. The van der Waals surface area contributed by atoms with E-state index < -0.39 is 0 Å². The zero-order valence-corrected chi connectivity index (χ0v) is 13.2. The summed E-state index contributed by atoms with van der Waals surface area (Å²) in [6.07, 6.45) is 2.97. The molecule has 2 heterocycles. The van der Waals surface area contributed by atoms with Crippen LogP contribution in [0.4, 0.5) is 0 Å². The van der Waals surface area contributed by atoms with Gasteiger partial charge in [-0.25, -0.2) is 0 Å². The van der Waals surface area contributed by atoms with E-state index in [1.165, 1.54) is 12.4 Å². The largest absolute Gasteiger partial charge is 0.472 e. The van der Waals surface area contributed by atoms with Crippen molar-refractivity contribution in [2.24, 2.45) is 0 Å². The van der Waals surface area contributed by atoms with Gasteiger partial charge in [-0.1, -0.05) is 23.2 Å². The molecule has 0 bridgehead atoms. The number of aromatic nitrogens is 2. The first kappa shape index (κ1) is 14.9. The number of ether oxygens (including phenoxy) is 1. The summed E-state index contributed by atoms with van der Waals surface area (Å²) in [6.45, 7) is 2.22. The normalized spacial score (nSPS) is 10.7. The van der Waals surface area contributed by atoms with Crippen LogP contribution in [0.2, 0.25) is 10.2 Å². The maximum atomic E-state index is 5.89. The summed E-state index contributed by atoms with van der Waals surface area (Å²) in [5.74, 6) is 1.94. The molecular formula is C16H12Cl2N2O2. The maximum absolute atomic E-state index is 5.89. The van der Waals surface area contributed by atoms with Crippen molar-refractivity contribution >= 4 is 23.2 Å². The molecule has 0 unspecified atom stereocenters. The summed E-state index contributed by atoms with van der Waals surface area (Å²) in [5, 5.41) is 0.985. The number of hydrogen-bond donors (Lipinski definition) is 0. The number of rotatable bonds is 4. The van der Waals surface area contributed by atoms with Gasteiger partial charge in [-0.15, -0.1) is 0 Å². The van der Waals surface area contributed by atoms with Crippen LogP contribution in [0, 0.1) is 6.92 Å². The maximum Gasteiger partial charge on any atom is 0.234 e. The first-order valence-electron chi connectivity index (χ1n) is 6.57. The molecule has 0 spiro atoms. The van der Waals surface area contributed by atoms with Gasteiger partial charge >= 0.3 is 0 Å². The van der Waals surface area contributed by atoms with Crippen molar-refractivity contribution in [1.29, 1.82) is 0 Å². The first-order valence-corrected chi connectivity index (χ1v) is 7.33. The fourth-order valence-corrected chi connectivity index (χ4v) is 2.23. The van der Waals surface area contributed by atoms with Crippen molar-refractivity contribution in [3.8, 4) is 17.2 Å². The van der Waals surface area contributed by atoms with Crippen molar-refractivity contribution in [3.63, 3.8) is 0 Å². The van der Waals surface area contributed by atoms with Gasteiger partial charge in [0.1, 0.15) is 18.1 Å². The second-order valence-corrected chi connectivity index (χ2v) is 5.49. The van der Waals surface area contributed by atoms with Gasteiger partial charge in [-0.2, -0.15) is 4.98 Å². The third-order valence-corrected chi connectivity index (χ3v) is 3.54. The third-order valence-electron chi connectivity index (χ3n) is 3.11. The van der Waals surface area contributed by atoms with E-state index in [2.05, 4.69) is 9.97 Å². The third kappa shape index (κ3) is 3.40. The van der Waals surface area contributed by atoms with E-state index in [-0.39, 0.29) is 0 Å². The molecule has 0 aliphatic heterocycles. The lowest BCUT2D eigenvalue weighted by molar-refractivity contribution is 0.290. The molecule has 1 aromatic carbocycles. The quantitative estimate of drug-likeness (QED) is 0.678. The van der Waals surface area contributed by atoms with Gasteiger partial charge < -0.3 is 9.15 Å². The van der Waals surface area contributed by atoms with E-state index in [0.717, 1.165) is 22.6 Å². The van der Waals surface area contributed by atoms with Crippen LogP contribution >= 0.6 is 23.2 Å². The number of furan rings is 1. The molecule has 0 amide bonds. The van der Waals surface area contributed by atoms with E-state index in [9.17, 15) is 0 Å². The lowest BCUT2D eigenvalue weighted by Gasteiger charge is -2.03. The Kier molecular flexibility index (Phi) is 4.32. The molecule has 0 fully saturated rings. The highest BCUT2D eigenvalue weighted by Gasteiger charge is 2.10. The van der Waals surface area contributed by atoms with Gasteiger partial charge in [0.2, 0.25) is 5.88 Å². The zero-order valence-electron chi connectivity index (χ0n) is 11.7. The highest BCUT2D eigenvalue weighted by molar-refractivity contribution is 6.30. The van der Waals surface area contributed by atoms with Crippen LogP contribution in [0.15, 0.2) is 47.1 Å². The van der Waals surface area contributed by atoms with Crippen LogP contribution in [0.5, 0.6) is 5.88 Å². The van der Waals surface area contributed by atoms with Crippen LogP contribution in [0.1, 0.15) is 11.3 Å². The van der Waals surface area contributed by atoms with Gasteiger partial charge in [-0.3, -0.25) is 4.98 Å². The number of hydrogen-bond acceptors (Lipinski definition) is 4.